The number of anilines is 2. The average Bonchev–Trinajstić information content (AvgIpc) is 2.94. The van der Waals surface area contributed by atoms with Crippen LogP contribution >= 0.6 is 0 Å². The molecule has 4 N–H and O–H groups in total. The summed E-state index contributed by atoms with van der Waals surface area (Å²) in [4.78, 5) is 42.3. The van der Waals surface area contributed by atoms with Crippen molar-refractivity contribution in [3.63, 3.8) is 0 Å². The highest BCUT2D eigenvalue weighted by Crippen LogP contribution is 2.31. The summed E-state index contributed by atoms with van der Waals surface area (Å²) in [6, 6.07) is 17.4. The highest BCUT2D eigenvalue weighted by molar-refractivity contribution is 6.02. The zero-order valence-electron chi connectivity index (χ0n) is 24.2. The Kier molecular flexibility index (Phi) is 9.34. The molecular formula is C31H39N5O5. The lowest BCUT2D eigenvalue weighted by atomic mass is 9.99. The number of likely N-dealkylation sites (N-methyl/N-ethyl adjacent to an activating group) is 1. The quantitative estimate of drug-likeness (QED) is 0.331. The van der Waals surface area contributed by atoms with Crippen LogP contribution in [0.2, 0.25) is 0 Å². The maximum atomic E-state index is 13.6. The van der Waals surface area contributed by atoms with Crippen molar-refractivity contribution in [3.8, 4) is 5.75 Å². The Morgan fingerprint density at radius 2 is 1.80 bits per heavy atom. The van der Waals surface area contributed by atoms with Gasteiger partial charge in [0.05, 0.1) is 30.4 Å². The zero-order valence-corrected chi connectivity index (χ0v) is 24.2. The predicted octanol–water partition coefficient (Wildman–Crippen LogP) is 4.75. The van der Waals surface area contributed by atoms with Gasteiger partial charge in [-0.15, -0.1) is 0 Å². The fraction of sp³-hybridized carbons (Fsp3) is 0.387. The van der Waals surface area contributed by atoms with Crippen molar-refractivity contribution < 1.29 is 24.2 Å². The molecule has 0 spiro atoms. The summed E-state index contributed by atoms with van der Waals surface area (Å²) in [6.45, 7) is 7.81. The van der Waals surface area contributed by atoms with Crippen molar-refractivity contribution in [2.45, 2.75) is 45.9 Å². The Hall–Kier alpha value is -4.31. The second kappa shape index (κ2) is 12.9. The first-order chi connectivity index (χ1) is 19.6. The van der Waals surface area contributed by atoms with E-state index in [1.54, 1.807) is 42.0 Å². The van der Waals surface area contributed by atoms with Gasteiger partial charge in [0.25, 0.3) is 5.91 Å². The van der Waals surface area contributed by atoms with E-state index in [1.165, 1.54) is 0 Å². The Labute approximate surface area is 240 Å². The highest BCUT2D eigenvalue weighted by Gasteiger charge is 2.34. The van der Waals surface area contributed by atoms with E-state index < -0.39 is 12.1 Å². The number of carbonyl (C=O) groups excluding carboxylic acids is 3. The number of aliphatic hydroxyl groups is 1. The number of carbonyl (C=O) groups is 3. The van der Waals surface area contributed by atoms with Gasteiger partial charge in [-0.05, 0) is 50.4 Å². The third-order valence-electron chi connectivity index (χ3n) is 7.17. The number of amides is 5. The molecular weight excluding hydrogens is 522 g/mol. The molecule has 218 valence electrons. The van der Waals surface area contributed by atoms with Crippen LogP contribution in [0, 0.1) is 5.92 Å². The third-order valence-corrected chi connectivity index (χ3v) is 7.17. The van der Waals surface area contributed by atoms with Crippen molar-refractivity contribution in [1.82, 2.24) is 15.1 Å². The van der Waals surface area contributed by atoms with E-state index in [1.807, 2.05) is 63.2 Å². The molecule has 1 aliphatic heterocycles. The van der Waals surface area contributed by atoms with E-state index in [2.05, 4.69) is 16.0 Å². The van der Waals surface area contributed by atoms with Crippen molar-refractivity contribution in [2.75, 3.05) is 37.4 Å². The van der Waals surface area contributed by atoms with Crippen LogP contribution in [0.3, 0.4) is 0 Å². The molecule has 3 aromatic carbocycles. The molecule has 5 amide bonds. The van der Waals surface area contributed by atoms with Crippen LogP contribution in [0.15, 0.2) is 60.7 Å². The van der Waals surface area contributed by atoms with E-state index in [9.17, 15) is 19.5 Å². The lowest BCUT2D eigenvalue weighted by molar-refractivity contribution is 0.0371. The molecule has 0 aliphatic carbocycles. The number of ether oxygens (including phenoxy) is 1. The standard InChI is InChI=1S/C31H39N5O5/c1-19(2)32-30(39)33-23-13-14-27-25(15-23)29(38)36(21(4)18-37)16-20(3)28(41-27)17-35(5)31(40)34-26-12-8-10-22-9-6-7-11-24(22)26/h6-15,19-21,28,37H,16-18H2,1-5H3,(H,34,40)(H2,32,33,39)/t20-,21+,28+/m1/s1. The van der Waals surface area contributed by atoms with Gasteiger partial charge in [0.2, 0.25) is 0 Å². The molecule has 1 heterocycles. The van der Waals surface area contributed by atoms with E-state index in [-0.39, 0.29) is 48.6 Å². The van der Waals surface area contributed by atoms with Gasteiger partial charge in [-0.2, -0.15) is 0 Å². The molecule has 0 fully saturated rings. The number of nitrogens with zero attached hydrogens (tertiary/aromatic N) is 2. The molecule has 0 aromatic heterocycles. The Morgan fingerprint density at radius 1 is 1.07 bits per heavy atom. The number of nitrogens with one attached hydrogen (secondary N) is 3. The van der Waals surface area contributed by atoms with Crippen molar-refractivity contribution >= 4 is 40.1 Å². The summed E-state index contributed by atoms with van der Waals surface area (Å²) in [5, 5.41) is 20.4. The molecule has 4 rings (SSSR count). The normalized spacial score (nSPS) is 17.6. The topological polar surface area (TPSA) is 123 Å². The summed E-state index contributed by atoms with van der Waals surface area (Å²) >= 11 is 0. The SMILES string of the molecule is CC(C)NC(=O)Nc1ccc2c(c1)C(=O)N([C@@H](C)CO)C[C@@H](C)[C@H](CN(C)C(=O)Nc1cccc3ccccc13)O2. The molecule has 0 saturated carbocycles. The lowest BCUT2D eigenvalue weighted by Crippen LogP contribution is -2.50. The second-order valence-electron chi connectivity index (χ2n) is 10.9. The van der Waals surface area contributed by atoms with Gasteiger partial charge < -0.3 is 35.6 Å². The summed E-state index contributed by atoms with van der Waals surface area (Å²) in [5.41, 5.74) is 1.42. The number of fused-ring (bicyclic) bond motifs is 2. The third kappa shape index (κ3) is 7.07. The van der Waals surface area contributed by atoms with Gasteiger partial charge in [-0.3, -0.25) is 4.79 Å². The maximum Gasteiger partial charge on any atom is 0.321 e. The largest absolute Gasteiger partial charge is 0.487 e. The number of aliphatic hydroxyl groups excluding tert-OH is 1. The Bertz CT molecular complexity index is 1410. The molecule has 3 atom stereocenters. The minimum Gasteiger partial charge on any atom is -0.487 e. The molecule has 0 radical (unpaired) electrons. The lowest BCUT2D eigenvalue weighted by Gasteiger charge is -2.38. The monoisotopic (exact) mass is 561 g/mol. The van der Waals surface area contributed by atoms with Crippen LogP contribution in [0.5, 0.6) is 5.75 Å². The molecule has 1 aliphatic rings. The van der Waals surface area contributed by atoms with Crippen LogP contribution in [0.4, 0.5) is 21.0 Å². The van der Waals surface area contributed by atoms with Crippen molar-refractivity contribution in [3.05, 3.63) is 66.2 Å². The first kappa shape index (κ1) is 29.7. The van der Waals surface area contributed by atoms with Crippen LogP contribution in [0.1, 0.15) is 38.1 Å². The van der Waals surface area contributed by atoms with E-state index in [0.29, 0.717) is 23.7 Å². The van der Waals surface area contributed by atoms with E-state index >= 15 is 0 Å². The fourth-order valence-corrected chi connectivity index (χ4v) is 4.85. The minimum atomic E-state index is -0.457. The van der Waals surface area contributed by atoms with Gasteiger partial charge in [0, 0.05) is 36.6 Å². The second-order valence-corrected chi connectivity index (χ2v) is 10.9. The molecule has 0 unspecified atom stereocenters. The Morgan fingerprint density at radius 3 is 2.54 bits per heavy atom. The van der Waals surface area contributed by atoms with Gasteiger partial charge in [-0.25, -0.2) is 9.59 Å². The zero-order chi connectivity index (χ0) is 29.7. The molecule has 0 bridgehead atoms. The van der Waals surface area contributed by atoms with Crippen LogP contribution in [-0.2, 0) is 0 Å². The summed E-state index contributed by atoms with van der Waals surface area (Å²) < 4.78 is 6.39. The van der Waals surface area contributed by atoms with Gasteiger partial charge in [-0.1, -0.05) is 43.3 Å². The molecule has 10 nitrogen and oxygen atoms in total. The number of rotatable bonds is 7. The first-order valence-electron chi connectivity index (χ1n) is 13.9. The highest BCUT2D eigenvalue weighted by atomic mass is 16.5. The van der Waals surface area contributed by atoms with Gasteiger partial charge in [0.1, 0.15) is 11.9 Å². The summed E-state index contributed by atoms with van der Waals surface area (Å²) in [5.74, 6) is -0.121. The van der Waals surface area contributed by atoms with Crippen molar-refractivity contribution in [1.29, 1.82) is 0 Å². The number of urea groups is 2. The fourth-order valence-electron chi connectivity index (χ4n) is 4.85. The smallest absolute Gasteiger partial charge is 0.321 e. The molecule has 41 heavy (non-hydrogen) atoms. The van der Waals surface area contributed by atoms with Crippen LogP contribution in [0.25, 0.3) is 10.8 Å². The van der Waals surface area contributed by atoms with E-state index in [0.717, 1.165) is 10.8 Å². The van der Waals surface area contributed by atoms with Crippen molar-refractivity contribution in [2.24, 2.45) is 5.92 Å². The first-order valence-corrected chi connectivity index (χ1v) is 13.9. The summed E-state index contributed by atoms with van der Waals surface area (Å²) in [6.07, 6.45) is -0.457. The number of hydrogen-bond donors (Lipinski definition) is 4. The van der Waals surface area contributed by atoms with E-state index in [4.69, 9.17) is 4.74 Å². The number of hydrogen-bond acceptors (Lipinski definition) is 5. The maximum absolute atomic E-state index is 13.6. The molecule has 10 heteroatoms. The van der Waals surface area contributed by atoms with Gasteiger partial charge >= 0.3 is 12.1 Å². The molecule has 0 saturated heterocycles. The Balaban J connectivity index is 1.57. The number of benzene rings is 3. The van der Waals surface area contributed by atoms with Crippen LogP contribution in [-0.4, -0.2) is 77.8 Å². The van der Waals surface area contributed by atoms with Crippen LogP contribution < -0.4 is 20.7 Å². The van der Waals surface area contributed by atoms with Gasteiger partial charge in [0.15, 0.2) is 0 Å². The molecule has 3 aromatic rings. The predicted molar refractivity (Wildman–Crippen MR) is 160 cm³/mol. The summed E-state index contributed by atoms with van der Waals surface area (Å²) in [7, 11) is 1.70. The minimum absolute atomic E-state index is 0.0535. The average molecular weight is 562 g/mol.